The molecule has 0 atom stereocenters. The Kier molecular flexibility index (Phi) is 6.46. The number of hydrogen-bond donors (Lipinski definition) is 2. The van der Waals surface area contributed by atoms with Gasteiger partial charge in [0.25, 0.3) is 0 Å². The number of ketones is 1. The van der Waals surface area contributed by atoms with Gasteiger partial charge >= 0.3 is 0 Å². The highest BCUT2D eigenvalue weighted by atomic mass is 35.5. The number of para-hydroxylation sites is 1. The number of pyridine rings is 1. The molecular formula is C18H18ClN5OS2. The molecule has 0 radical (unpaired) electrons. The van der Waals surface area contributed by atoms with Crippen LogP contribution in [0.15, 0.2) is 60.1 Å². The predicted molar refractivity (Wildman–Crippen MR) is 114 cm³/mol. The molecule has 1 aliphatic rings. The Labute approximate surface area is 172 Å². The molecule has 2 aromatic rings. The Morgan fingerprint density at radius 3 is 2.67 bits per heavy atom. The number of aromatic nitrogens is 1. The maximum atomic E-state index is 12.6. The fourth-order valence-corrected chi connectivity index (χ4v) is 4.10. The third kappa shape index (κ3) is 4.48. The SMILES string of the molecule is NN(Cc1ccncc1Cl)C1=C(C(=S)N(N)c2ccccc2)C(=O)CSC1. The summed E-state index contributed by atoms with van der Waals surface area (Å²) in [5.74, 6) is 13.3. The van der Waals surface area contributed by atoms with Crippen LogP contribution in [-0.2, 0) is 11.3 Å². The van der Waals surface area contributed by atoms with E-state index in [1.807, 2.05) is 30.3 Å². The highest BCUT2D eigenvalue weighted by Crippen LogP contribution is 2.27. The van der Waals surface area contributed by atoms with Gasteiger partial charge in [-0.1, -0.05) is 42.0 Å². The smallest absolute Gasteiger partial charge is 0.177 e. The van der Waals surface area contributed by atoms with Crippen molar-refractivity contribution in [2.45, 2.75) is 6.54 Å². The van der Waals surface area contributed by atoms with E-state index in [1.165, 1.54) is 21.8 Å². The molecule has 3 rings (SSSR count). The van der Waals surface area contributed by atoms with Crippen molar-refractivity contribution < 1.29 is 4.79 Å². The van der Waals surface area contributed by atoms with E-state index < -0.39 is 0 Å². The zero-order valence-corrected chi connectivity index (χ0v) is 16.7. The second kappa shape index (κ2) is 8.81. The quantitative estimate of drug-likeness (QED) is 0.434. The molecule has 2 heterocycles. The number of carbonyl (C=O) groups is 1. The van der Waals surface area contributed by atoms with Crippen molar-refractivity contribution in [3.05, 3.63) is 70.6 Å². The van der Waals surface area contributed by atoms with Crippen molar-refractivity contribution in [2.75, 3.05) is 16.5 Å². The lowest BCUT2D eigenvalue weighted by atomic mass is 10.1. The van der Waals surface area contributed by atoms with Gasteiger partial charge in [-0.05, 0) is 23.8 Å². The summed E-state index contributed by atoms with van der Waals surface area (Å²) < 4.78 is 0. The molecule has 4 N–H and O–H groups in total. The molecule has 0 bridgehead atoms. The number of thioether (sulfide) groups is 1. The maximum absolute atomic E-state index is 12.6. The summed E-state index contributed by atoms with van der Waals surface area (Å²) in [7, 11) is 0. The average molecular weight is 420 g/mol. The Hall–Kier alpha value is -1.97. The zero-order valence-electron chi connectivity index (χ0n) is 14.3. The van der Waals surface area contributed by atoms with E-state index in [2.05, 4.69) is 4.98 Å². The number of Topliss-reactive ketones (excluding diaryl/α,β-unsaturated/α-hetero) is 1. The van der Waals surface area contributed by atoms with Gasteiger partial charge in [0.05, 0.1) is 34.3 Å². The van der Waals surface area contributed by atoms with Crippen molar-refractivity contribution in [1.29, 1.82) is 0 Å². The van der Waals surface area contributed by atoms with Gasteiger partial charge in [0.2, 0.25) is 0 Å². The van der Waals surface area contributed by atoms with Crippen LogP contribution in [0.3, 0.4) is 0 Å². The molecule has 1 aromatic heterocycles. The topological polar surface area (TPSA) is 88.5 Å². The van der Waals surface area contributed by atoms with Gasteiger partial charge in [0, 0.05) is 18.1 Å². The predicted octanol–water partition coefficient (Wildman–Crippen LogP) is 2.69. The first-order valence-corrected chi connectivity index (χ1v) is 10.0. The summed E-state index contributed by atoms with van der Waals surface area (Å²) in [6.07, 6.45) is 3.20. The number of hydrazine groups is 2. The van der Waals surface area contributed by atoms with E-state index in [0.29, 0.717) is 40.0 Å². The molecule has 0 amide bonds. The first-order chi connectivity index (χ1) is 13.0. The van der Waals surface area contributed by atoms with E-state index >= 15 is 0 Å². The minimum Gasteiger partial charge on any atom is -0.309 e. The molecule has 0 fully saturated rings. The van der Waals surface area contributed by atoms with E-state index in [9.17, 15) is 4.79 Å². The van der Waals surface area contributed by atoms with Gasteiger partial charge in [-0.25, -0.2) is 11.7 Å². The summed E-state index contributed by atoms with van der Waals surface area (Å²) in [5, 5.41) is 3.36. The fraction of sp³-hybridized carbons (Fsp3) is 0.167. The van der Waals surface area contributed by atoms with Gasteiger partial charge in [0.1, 0.15) is 4.99 Å². The molecular weight excluding hydrogens is 402 g/mol. The molecule has 140 valence electrons. The second-order valence-electron chi connectivity index (χ2n) is 5.84. The van der Waals surface area contributed by atoms with Gasteiger partial charge in [0.15, 0.2) is 5.78 Å². The first kappa shape index (κ1) is 19.8. The van der Waals surface area contributed by atoms with Crippen LogP contribution in [0.2, 0.25) is 5.02 Å². The highest BCUT2D eigenvalue weighted by Gasteiger charge is 2.29. The average Bonchev–Trinajstić information content (AvgIpc) is 2.69. The Balaban J connectivity index is 1.92. The molecule has 0 saturated heterocycles. The van der Waals surface area contributed by atoms with Crippen molar-refractivity contribution in [3.8, 4) is 0 Å². The van der Waals surface area contributed by atoms with Crippen molar-refractivity contribution >= 4 is 52.0 Å². The second-order valence-corrected chi connectivity index (χ2v) is 7.62. The van der Waals surface area contributed by atoms with Crippen molar-refractivity contribution in [2.24, 2.45) is 11.7 Å². The minimum atomic E-state index is -0.0890. The van der Waals surface area contributed by atoms with Crippen LogP contribution in [0.4, 0.5) is 5.69 Å². The van der Waals surface area contributed by atoms with Crippen LogP contribution in [0, 0.1) is 0 Å². The van der Waals surface area contributed by atoms with Crippen LogP contribution < -0.4 is 16.7 Å². The van der Waals surface area contributed by atoms with E-state index in [4.69, 9.17) is 35.5 Å². The number of nitrogens with two attached hydrogens (primary N) is 2. The largest absolute Gasteiger partial charge is 0.309 e. The molecule has 1 aromatic carbocycles. The van der Waals surface area contributed by atoms with Gasteiger partial charge in [-0.15, -0.1) is 11.8 Å². The number of anilines is 1. The number of hydrogen-bond acceptors (Lipinski definition) is 7. The van der Waals surface area contributed by atoms with Gasteiger partial charge in [-0.3, -0.25) is 14.8 Å². The lowest BCUT2D eigenvalue weighted by molar-refractivity contribution is -0.113. The normalized spacial score (nSPS) is 14.3. The molecule has 9 heteroatoms. The van der Waals surface area contributed by atoms with Gasteiger partial charge in [-0.2, -0.15) is 0 Å². The Morgan fingerprint density at radius 2 is 1.96 bits per heavy atom. The summed E-state index contributed by atoms with van der Waals surface area (Å²) in [5.41, 5.74) is 2.52. The number of nitrogens with zero attached hydrogens (tertiary/aromatic N) is 3. The fourth-order valence-electron chi connectivity index (χ4n) is 2.65. The Morgan fingerprint density at radius 1 is 1.22 bits per heavy atom. The van der Waals surface area contributed by atoms with Crippen molar-refractivity contribution in [3.63, 3.8) is 0 Å². The molecule has 0 spiro atoms. The van der Waals surface area contributed by atoms with Crippen LogP contribution in [0.25, 0.3) is 0 Å². The van der Waals surface area contributed by atoms with Crippen LogP contribution >= 0.6 is 35.6 Å². The van der Waals surface area contributed by atoms with Crippen molar-refractivity contribution in [1.82, 2.24) is 9.99 Å². The lowest BCUT2D eigenvalue weighted by Gasteiger charge is -2.30. The molecule has 27 heavy (non-hydrogen) atoms. The highest BCUT2D eigenvalue weighted by molar-refractivity contribution is 8.00. The number of benzene rings is 1. The van der Waals surface area contributed by atoms with E-state index in [-0.39, 0.29) is 10.8 Å². The zero-order chi connectivity index (χ0) is 19.4. The molecule has 0 aliphatic carbocycles. The van der Waals surface area contributed by atoms with E-state index in [1.54, 1.807) is 18.5 Å². The van der Waals surface area contributed by atoms with E-state index in [0.717, 1.165) is 5.56 Å². The lowest BCUT2D eigenvalue weighted by Crippen LogP contribution is -2.43. The summed E-state index contributed by atoms with van der Waals surface area (Å²) in [6.45, 7) is 0.326. The van der Waals surface area contributed by atoms with Crippen LogP contribution in [0.1, 0.15) is 5.56 Å². The third-order valence-corrected chi connectivity index (χ3v) is 5.74. The number of thiocarbonyl (C=S) groups is 1. The molecule has 6 nitrogen and oxygen atoms in total. The molecule has 0 unspecified atom stereocenters. The summed E-state index contributed by atoms with van der Waals surface area (Å²) >= 11 is 13.2. The van der Waals surface area contributed by atoms with Gasteiger partial charge < -0.3 is 5.01 Å². The molecule has 0 saturated carbocycles. The third-order valence-electron chi connectivity index (χ3n) is 4.05. The Bertz CT molecular complexity index is 890. The maximum Gasteiger partial charge on any atom is 0.177 e. The minimum absolute atomic E-state index is 0.0890. The van der Waals surface area contributed by atoms with Crippen LogP contribution in [0.5, 0.6) is 0 Å². The summed E-state index contributed by atoms with van der Waals surface area (Å²) in [4.78, 5) is 16.9. The number of carbonyl (C=O) groups excluding carboxylic acids is 1. The number of rotatable bonds is 5. The van der Waals surface area contributed by atoms with Crippen LogP contribution in [-0.4, -0.2) is 32.3 Å². The summed E-state index contributed by atoms with van der Waals surface area (Å²) in [6, 6.07) is 11.0. The molecule has 1 aliphatic heterocycles. The first-order valence-electron chi connectivity index (χ1n) is 8.08. The number of halogens is 1. The monoisotopic (exact) mass is 419 g/mol. The standard InChI is InChI=1S/C18H18ClN5OS2/c19-14-8-22-7-6-12(14)9-23(20)15-10-27-11-16(25)17(15)18(26)24(21)13-4-2-1-3-5-13/h1-8H,9-11,20-21H2.